The van der Waals surface area contributed by atoms with Gasteiger partial charge in [-0.2, -0.15) is 0 Å². The van der Waals surface area contributed by atoms with Crippen molar-refractivity contribution < 1.29 is 17.9 Å². The van der Waals surface area contributed by atoms with Gasteiger partial charge in [-0.3, -0.25) is 0 Å². The molecule has 0 aliphatic carbocycles. The summed E-state index contributed by atoms with van der Waals surface area (Å²) in [7, 11) is 0. The minimum atomic E-state index is 1.12. The van der Waals surface area contributed by atoms with Gasteiger partial charge in [0.15, 0.2) is 0 Å². The van der Waals surface area contributed by atoms with Crippen LogP contribution >= 0.6 is 0 Å². The van der Waals surface area contributed by atoms with Crippen molar-refractivity contribution in [1.82, 2.24) is 2.71 Å². The molecule has 4 heteroatoms. The van der Waals surface area contributed by atoms with Gasteiger partial charge in [-0.1, -0.05) is 0 Å². The molecule has 1 rings (SSSR count). The van der Waals surface area contributed by atoms with E-state index in [0.717, 1.165) is 6.54 Å². The van der Waals surface area contributed by atoms with Gasteiger partial charge >= 0.3 is 123 Å². The van der Waals surface area contributed by atoms with Crippen molar-refractivity contribution in [2.45, 2.75) is 6.54 Å². The monoisotopic (exact) mass is 649 g/mol. The maximum atomic E-state index is 2.59. The number of hydrogen-bond donors (Lipinski definition) is 0. The second-order valence-electron chi connectivity index (χ2n) is 2.66. The number of nitrogens with zero attached hydrogens (tertiary/aromatic N) is 1. The van der Waals surface area contributed by atoms with Crippen LogP contribution in [-0.4, -0.2) is 63.3 Å². The molecule has 0 fully saturated rings. The van der Waals surface area contributed by atoms with Gasteiger partial charge in [-0.25, -0.2) is 0 Å². The Labute approximate surface area is 121 Å². The summed E-state index contributed by atoms with van der Waals surface area (Å²) >= 11 is 5.04. The zero-order chi connectivity index (χ0) is 9.68. The molecular weight excluding hydrogens is 638 g/mol. The Morgan fingerprint density at radius 2 is 2.08 bits per heavy atom. The van der Waals surface area contributed by atoms with Crippen molar-refractivity contribution in [2.75, 3.05) is 4.10 Å². The van der Waals surface area contributed by atoms with Gasteiger partial charge in [0.05, 0.1) is 0 Å². The Hall–Kier alpha value is 1.52. The summed E-state index contributed by atoms with van der Waals surface area (Å²) in [6.45, 7) is 1.12. The molecule has 65 valence electrons. The third-order valence-corrected chi connectivity index (χ3v) is 9.75. The molecule has 0 aromatic heterocycles. The van der Waals surface area contributed by atoms with E-state index in [4.69, 9.17) is 0 Å². The summed E-state index contributed by atoms with van der Waals surface area (Å²) < 4.78 is 5.91. The quantitative estimate of drug-likeness (QED) is 0.429. The molecule has 1 nitrogen and oxygen atoms in total. The first-order chi connectivity index (χ1) is 6.27. The molecule has 0 saturated carbocycles. The molecule has 1 aromatic carbocycles. The summed E-state index contributed by atoms with van der Waals surface area (Å²) in [6.07, 6.45) is 0. The van der Waals surface area contributed by atoms with E-state index in [1.807, 2.05) is 0 Å². The molecule has 0 atom stereocenters. The third kappa shape index (κ3) is 4.26. The predicted octanol–water partition coefficient (Wildman–Crippen LogP) is 0.395. The van der Waals surface area contributed by atoms with Crippen LogP contribution in [0.3, 0.4) is 0 Å². The SMILES string of the molecule is [Ru+]=[CH]c1ccccc1C[N]([Pb])[CH2][Pb]. The van der Waals surface area contributed by atoms with E-state index in [2.05, 4.69) is 49.4 Å². The number of hydrogen-bond acceptors (Lipinski definition) is 1. The number of benzene rings is 1. The zero-order valence-corrected chi connectivity index (χ0v) is 16.6. The fraction of sp³-hybridized carbons (Fsp3) is 0.222. The van der Waals surface area contributed by atoms with E-state index in [0.29, 0.717) is 0 Å². The van der Waals surface area contributed by atoms with Gasteiger partial charge in [0.2, 0.25) is 0 Å². The molecule has 0 amide bonds. The Bertz CT molecular complexity index is 291. The first-order valence-corrected chi connectivity index (χ1v) is 9.37. The molecule has 0 heterocycles. The molecule has 0 unspecified atom stereocenters. The molecule has 1 aromatic rings. The van der Waals surface area contributed by atoms with Crippen LogP contribution in [0.2, 0.25) is 0 Å². The van der Waals surface area contributed by atoms with Crippen molar-refractivity contribution in [2.24, 2.45) is 0 Å². The van der Waals surface area contributed by atoms with E-state index in [1.54, 1.807) is 0 Å². The third-order valence-electron chi connectivity index (χ3n) is 1.72. The Balaban J connectivity index is 2.80. The maximum absolute atomic E-state index is 2.59. The molecular formula is C9H9NPb2Ru+. The second kappa shape index (κ2) is 6.90. The Morgan fingerprint density at radius 3 is 2.69 bits per heavy atom. The van der Waals surface area contributed by atoms with Crippen molar-refractivity contribution in [3.8, 4) is 0 Å². The molecule has 0 spiro atoms. The molecule has 6 radical (unpaired) electrons. The van der Waals surface area contributed by atoms with Crippen molar-refractivity contribution in [3.05, 3.63) is 35.4 Å². The first-order valence-electron chi connectivity index (χ1n) is 3.88. The van der Waals surface area contributed by atoms with Crippen LogP contribution in [0.5, 0.6) is 0 Å². The van der Waals surface area contributed by atoms with E-state index in [-0.39, 0.29) is 0 Å². The standard InChI is InChI=1S/C9H9N.2Pb.Ru/c1-8-5-3-4-6-9(8)7-10-2;;;/h1,3-6H,2,7H2;;;/q-1;;2*+1. The predicted molar refractivity (Wildman–Crippen MR) is 53.5 cm³/mol. The van der Waals surface area contributed by atoms with Crippen LogP contribution in [0.1, 0.15) is 11.1 Å². The van der Waals surface area contributed by atoms with Crippen LogP contribution in [0.4, 0.5) is 0 Å². The normalized spacial score (nSPS) is 10.4. The fourth-order valence-corrected chi connectivity index (χ4v) is 2.63. The van der Waals surface area contributed by atoms with Crippen molar-refractivity contribution >= 4 is 56.4 Å². The first kappa shape index (κ1) is 12.6. The van der Waals surface area contributed by atoms with Crippen LogP contribution < -0.4 is 0 Å². The van der Waals surface area contributed by atoms with Crippen LogP contribution in [0.25, 0.3) is 0 Å². The van der Waals surface area contributed by atoms with Gasteiger partial charge in [0.1, 0.15) is 0 Å². The topological polar surface area (TPSA) is 3.24 Å². The van der Waals surface area contributed by atoms with E-state index in [9.17, 15) is 0 Å². The summed E-state index contributed by atoms with van der Waals surface area (Å²) in [6, 6.07) is 8.62. The van der Waals surface area contributed by atoms with Crippen molar-refractivity contribution in [3.63, 3.8) is 0 Å². The summed E-state index contributed by atoms with van der Waals surface area (Å²) in [5, 5.41) is 0. The summed E-state index contributed by atoms with van der Waals surface area (Å²) in [5.74, 6) is 0. The van der Waals surface area contributed by atoms with Crippen LogP contribution in [0.15, 0.2) is 24.3 Å². The summed E-state index contributed by atoms with van der Waals surface area (Å²) in [5.41, 5.74) is 2.81. The molecule has 0 aliphatic rings. The van der Waals surface area contributed by atoms with E-state index in [1.165, 1.54) is 67.1 Å². The number of rotatable bonds is 4. The van der Waals surface area contributed by atoms with E-state index < -0.39 is 0 Å². The van der Waals surface area contributed by atoms with Crippen molar-refractivity contribution in [1.29, 1.82) is 0 Å². The van der Waals surface area contributed by atoms with Gasteiger partial charge in [-0.15, -0.1) is 0 Å². The summed E-state index contributed by atoms with van der Waals surface area (Å²) in [4.78, 5) is 0. The minimum absolute atomic E-state index is 1.12. The van der Waals surface area contributed by atoms with Gasteiger partial charge < -0.3 is 0 Å². The molecule has 0 aliphatic heterocycles. The van der Waals surface area contributed by atoms with Gasteiger partial charge in [0.25, 0.3) is 0 Å². The van der Waals surface area contributed by atoms with Gasteiger partial charge in [0, 0.05) is 0 Å². The molecule has 13 heavy (non-hydrogen) atoms. The van der Waals surface area contributed by atoms with Crippen LogP contribution in [0, 0.1) is 0 Å². The fourth-order valence-electron chi connectivity index (χ4n) is 1.04. The Kier molecular flexibility index (Phi) is 6.68. The second-order valence-corrected chi connectivity index (χ2v) is 6.85. The Morgan fingerprint density at radius 1 is 1.38 bits per heavy atom. The van der Waals surface area contributed by atoms with E-state index >= 15 is 0 Å². The van der Waals surface area contributed by atoms with Crippen LogP contribution in [-0.2, 0) is 24.4 Å². The molecule has 0 bridgehead atoms. The average Bonchev–Trinajstić information content (AvgIpc) is 2.18. The molecule has 0 N–H and O–H groups in total. The molecule has 0 saturated heterocycles. The average molecular weight is 647 g/mol. The van der Waals surface area contributed by atoms with Gasteiger partial charge in [-0.05, 0) is 0 Å². The zero-order valence-electron chi connectivity index (χ0n) is 7.10.